The predicted octanol–water partition coefficient (Wildman–Crippen LogP) is 4.70. The normalized spacial score (nSPS) is 18.4. The lowest BCUT2D eigenvalue weighted by Gasteiger charge is -2.33. The summed E-state index contributed by atoms with van der Waals surface area (Å²) in [7, 11) is 1.84. The van der Waals surface area contributed by atoms with Crippen LogP contribution in [0.1, 0.15) is 79.3 Å². The Balaban J connectivity index is 1.94. The van der Waals surface area contributed by atoms with Gasteiger partial charge in [0.1, 0.15) is 12.4 Å². The van der Waals surface area contributed by atoms with E-state index in [1.54, 1.807) is 4.68 Å². The second-order valence-corrected chi connectivity index (χ2v) is 9.69. The van der Waals surface area contributed by atoms with Crippen molar-refractivity contribution in [1.29, 1.82) is 0 Å². The SMILES string of the molecule is CCN1CCCCCCN(C(=O)c2cn(C)nc2C)[C@@H](CC(C)C)COc2ccccc2C1=O. The molecule has 1 aliphatic rings. The maximum Gasteiger partial charge on any atom is 0.257 e. The molecule has 1 aliphatic heterocycles. The van der Waals surface area contributed by atoms with Gasteiger partial charge in [0, 0.05) is 32.9 Å². The summed E-state index contributed by atoms with van der Waals surface area (Å²) in [5.41, 5.74) is 1.98. The van der Waals surface area contributed by atoms with Crippen LogP contribution in [0.4, 0.5) is 0 Å². The highest BCUT2D eigenvalue weighted by Crippen LogP contribution is 2.24. The van der Waals surface area contributed by atoms with Gasteiger partial charge in [-0.05, 0) is 51.2 Å². The summed E-state index contributed by atoms with van der Waals surface area (Å²) in [4.78, 5) is 30.9. The number of fused-ring (bicyclic) bond motifs is 1. The Morgan fingerprint density at radius 2 is 1.85 bits per heavy atom. The molecule has 0 saturated heterocycles. The summed E-state index contributed by atoms with van der Waals surface area (Å²) in [6.07, 6.45) is 6.56. The number of aryl methyl sites for hydroxylation is 2. The van der Waals surface area contributed by atoms with Gasteiger partial charge in [0.05, 0.1) is 22.9 Å². The summed E-state index contributed by atoms with van der Waals surface area (Å²) < 4.78 is 8.00. The van der Waals surface area contributed by atoms with Crippen LogP contribution in [0.3, 0.4) is 0 Å². The molecule has 0 spiro atoms. The highest BCUT2D eigenvalue weighted by molar-refractivity contribution is 5.97. The summed E-state index contributed by atoms with van der Waals surface area (Å²) in [5, 5.41) is 4.39. The average Bonchev–Trinajstić information content (AvgIpc) is 3.15. The molecule has 34 heavy (non-hydrogen) atoms. The van der Waals surface area contributed by atoms with Crippen LogP contribution in [0.25, 0.3) is 0 Å². The van der Waals surface area contributed by atoms with Crippen LogP contribution in [0.2, 0.25) is 0 Å². The number of carbonyl (C=O) groups is 2. The summed E-state index contributed by atoms with van der Waals surface area (Å²) in [6, 6.07) is 7.37. The largest absolute Gasteiger partial charge is 0.491 e. The first kappa shape index (κ1) is 25.8. The molecule has 7 heteroatoms. The number of nitrogens with zero attached hydrogens (tertiary/aromatic N) is 4. The van der Waals surface area contributed by atoms with Crippen LogP contribution in [-0.2, 0) is 7.05 Å². The zero-order valence-electron chi connectivity index (χ0n) is 21.4. The lowest BCUT2D eigenvalue weighted by Crippen LogP contribution is -2.45. The molecule has 0 N–H and O–H groups in total. The minimum atomic E-state index is -0.0968. The summed E-state index contributed by atoms with van der Waals surface area (Å²) in [5.74, 6) is 0.995. The van der Waals surface area contributed by atoms with Crippen molar-refractivity contribution in [2.45, 2.75) is 65.8 Å². The molecule has 1 aromatic heterocycles. The molecule has 2 amide bonds. The Morgan fingerprint density at radius 1 is 1.15 bits per heavy atom. The lowest BCUT2D eigenvalue weighted by atomic mass is 10.0. The number of carbonyl (C=O) groups excluding carboxylic acids is 2. The van der Waals surface area contributed by atoms with E-state index in [2.05, 4.69) is 18.9 Å². The van der Waals surface area contributed by atoms with E-state index >= 15 is 0 Å². The molecule has 0 bridgehead atoms. The highest BCUT2D eigenvalue weighted by atomic mass is 16.5. The third-order valence-electron chi connectivity index (χ3n) is 6.48. The molecular formula is C27H40N4O3. The molecule has 0 saturated carbocycles. The zero-order chi connectivity index (χ0) is 24.7. The van der Waals surface area contributed by atoms with Crippen molar-refractivity contribution >= 4 is 11.8 Å². The number of aromatic nitrogens is 2. The molecule has 0 aliphatic carbocycles. The number of amides is 2. The van der Waals surface area contributed by atoms with E-state index < -0.39 is 0 Å². The Labute approximate surface area is 204 Å². The fraction of sp³-hybridized carbons (Fsp3) is 0.593. The molecule has 186 valence electrons. The summed E-state index contributed by atoms with van der Waals surface area (Å²) >= 11 is 0. The van der Waals surface area contributed by atoms with Gasteiger partial charge < -0.3 is 14.5 Å². The Bertz CT molecular complexity index is 969. The number of benzene rings is 1. The molecule has 2 aromatic rings. The molecule has 7 nitrogen and oxygen atoms in total. The van der Waals surface area contributed by atoms with Crippen molar-refractivity contribution in [3.63, 3.8) is 0 Å². The van der Waals surface area contributed by atoms with Gasteiger partial charge in [0.15, 0.2) is 0 Å². The second-order valence-electron chi connectivity index (χ2n) is 9.69. The quantitative estimate of drug-likeness (QED) is 0.652. The Kier molecular flexibility index (Phi) is 9.13. The van der Waals surface area contributed by atoms with Crippen molar-refractivity contribution in [2.24, 2.45) is 13.0 Å². The maximum atomic E-state index is 13.7. The van der Waals surface area contributed by atoms with E-state index in [-0.39, 0.29) is 17.9 Å². The van der Waals surface area contributed by atoms with Gasteiger partial charge in [-0.3, -0.25) is 14.3 Å². The minimum absolute atomic E-state index is 0.00784. The topological polar surface area (TPSA) is 67.7 Å². The first-order valence-corrected chi connectivity index (χ1v) is 12.6. The zero-order valence-corrected chi connectivity index (χ0v) is 21.4. The molecule has 2 heterocycles. The molecule has 0 radical (unpaired) electrons. The van der Waals surface area contributed by atoms with Gasteiger partial charge in [0.2, 0.25) is 0 Å². The molecule has 3 rings (SSSR count). The number of hydrogen-bond donors (Lipinski definition) is 0. The number of hydrogen-bond acceptors (Lipinski definition) is 4. The van der Waals surface area contributed by atoms with Gasteiger partial charge in [-0.15, -0.1) is 0 Å². The maximum absolute atomic E-state index is 13.7. The lowest BCUT2D eigenvalue weighted by molar-refractivity contribution is 0.0565. The first-order valence-electron chi connectivity index (χ1n) is 12.6. The minimum Gasteiger partial charge on any atom is -0.491 e. The van der Waals surface area contributed by atoms with Crippen LogP contribution in [0, 0.1) is 12.8 Å². The van der Waals surface area contributed by atoms with Crippen molar-refractivity contribution in [1.82, 2.24) is 19.6 Å². The van der Waals surface area contributed by atoms with Crippen LogP contribution in [0.15, 0.2) is 30.5 Å². The van der Waals surface area contributed by atoms with E-state index in [1.807, 2.05) is 61.2 Å². The predicted molar refractivity (Wildman–Crippen MR) is 134 cm³/mol. The average molecular weight is 469 g/mol. The van der Waals surface area contributed by atoms with Crippen LogP contribution >= 0.6 is 0 Å². The third kappa shape index (κ3) is 6.39. The first-order chi connectivity index (χ1) is 16.3. The van der Waals surface area contributed by atoms with Gasteiger partial charge in [0.25, 0.3) is 11.8 Å². The van der Waals surface area contributed by atoms with Gasteiger partial charge in [-0.1, -0.05) is 38.8 Å². The van der Waals surface area contributed by atoms with Crippen LogP contribution in [-0.4, -0.2) is 63.7 Å². The second kappa shape index (κ2) is 12.0. The van der Waals surface area contributed by atoms with E-state index in [4.69, 9.17) is 4.74 Å². The van der Waals surface area contributed by atoms with Gasteiger partial charge in [-0.25, -0.2) is 0 Å². The van der Waals surface area contributed by atoms with Crippen molar-refractivity contribution in [3.8, 4) is 5.75 Å². The van der Waals surface area contributed by atoms with E-state index in [0.29, 0.717) is 42.5 Å². The fourth-order valence-electron chi connectivity index (χ4n) is 4.71. The van der Waals surface area contributed by atoms with Crippen molar-refractivity contribution in [3.05, 3.63) is 47.3 Å². The molecule has 1 atom stereocenters. The van der Waals surface area contributed by atoms with Gasteiger partial charge >= 0.3 is 0 Å². The Hall–Kier alpha value is -2.83. The van der Waals surface area contributed by atoms with Crippen molar-refractivity contribution in [2.75, 3.05) is 26.2 Å². The van der Waals surface area contributed by atoms with Crippen molar-refractivity contribution < 1.29 is 14.3 Å². The highest BCUT2D eigenvalue weighted by Gasteiger charge is 2.29. The van der Waals surface area contributed by atoms with E-state index in [9.17, 15) is 9.59 Å². The molecule has 0 unspecified atom stereocenters. The fourth-order valence-corrected chi connectivity index (χ4v) is 4.71. The van der Waals surface area contributed by atoms with E-state index in [1.165, 1.54) is 0 Å². The smallest absolute Gasteiger partial charge is 0.257 e. The number of ether oxygens (including phenoxy) is 1. The summed E-state index contributed by atoms with van der Waals surface area (Å²) in [6.45, 7) is 10.7. The number of rotatable bonds is 4. The van der Waals surface area contributed by atoms with Crippen LogP contribution < -0.4 is 4.74 Å². The molecule has 0 fully saturated rings. The number of para-hydroxylation sites is 1. The Morgan fingerprint density at radius 3 is 2.50 bits per heavy atom. The molecule has 1 aromatic carbocycles. The standard InChI is InChI=1S/C27H40N4O3/c1-6-30-15-11-7-8-12-16-31(27(33)24-18-29(5)28-21(24)4)22(17-20(2)3)19-34-25-14-10-9-13-23(25)26(30)32/h9-10,13-14,18,20,22H,6-8,11-12,15-17,19H2,1-5H3/t22-/m0/s1. The monoisotopic (exact) mass is 468 g/mol. The molecular weight excluding hydrogens is 428 g/mol. The van der Waals surface area contributed by atoms with Gasteiger partial charge in [-0.2, -0.15) is 5.10 Å². The van der Waals surface area contributed by atoms with Crippen LogP contribution in [0.5, 0.6) is 5.75 Å². The third-order valence-corrected chi connectivity index (χ3v) is 6.48. The van der Waals surface area contributed by atoms with E-state index in [0.717, 1.165) is 44.3 Å².